The van der Waals surface area contributed by atoms with Crippen molar-refractivity contribution in [2.24, 2.45) is 0 Å². The lowest BCUT2D eigenvalue weighted by atomic mass is 10.4. The van der Waals surface area contributed by atoms with Gasteiger partial charge in [0, 0.05) is 43.3 Å². The summed E-state index contributed by atoms with van der Waals surface area (Å²) in [5.74, 6) is 0.783. The van der Waals surface area contributed by atoms with Gasteiger partial charge in [-0.05, 0) is 31.6 Å². The molecular formula is C14H25N3O2S2. The van der Waals surface area contributed by atoms with Crippen LogP contribution < -0.4 is 10.0 Å². The van der Waals surface area contributed by atoms with E-state index in [-0.39, 0.29) is 0 Å². The van der Waals surface area contributed by atoms with Crippen molar-refractivity contribution < 1.29 is 8.42 Å². The molecule has 5 nitrogen and oxygen atoms in total. The maximum absolute atomic E-state index is 12.3. The molecule has 0 bridgehead atoms. The first-order valence-electron chi connectivity index (χ1n) is 7.48. The molecule has 0 atom stereocenters. The van der Waals surface area contributed by atoms with Crippen LogP contribution in [0.15, 0.2) is 17.2 Å². The van der Waals surface area contributed by atoms with Gasteiger partial charge in [0.1, 0.15) is 0 Å². The average Bonchev–Trinajstić information content (AvgIpc) is 3.18. The minimum absolute atomic E-state index is 0.379. The average molecular weight is 332 g/mol. The van der Waals surface area contributed by atoms with Crippen LogP contribution in [0.4, 0.5) is 0 Å². The topological polar surface area (TPSA) is 63.1 Å². The number of nitrogens with one attached hydrogen (secondary N) is 2. The summed E-state index contributed by atoms with van der Waals surface area (Å²) in [5.41, 5.74) is 1.05. The van der Waals surface area contributed by atoms with Crippen molar-refractivity contribution in [2.75, 3.05) is 18.6 Å². The van der Waals surface area contributed by atoms with Crippen molar-refractivity contribution >= 4 is 21.8 Å². The SMILES string of the molecule is CCCn1cc(S(=O)(=O)NCCSC)cc1CNC1CC1. The molecule has 2 N–H and O–H groups in total. The number of hydrogen-bond donors (Lipinski definition) is 2. The second kappa shape index (κ2) is 7.67. The van der Waals surface area contributed by atoms with Gasteiger partial charge in [-0.1, -0.05) is 6.92 Å². The molecule has 1 fully saturated rings. The molecule has 0 aromatic carbocycles. The zero-order chi connectivity index (χ0) is 15.3. The van der Waals surface area contributed by atoms with E-state index in [2.05, 4.69) is 21.5 Å². The number of thioether (sulfide) groups is 1. The molecule has 21 heavy (non-hydrogen) atoms. The molecule has 7 heteroatoms. The molecule has 0 radical (unpaired) electrons. The van der Waals surface area contributed by atoms with E-state index < -0.39 is 10.0 Å². The number of hydrogen-bond acceptors (Lipinski definition) is 4. The fourth-order valence-electron chi connectivity index (χ4n) is 2.17. The number of aryl methyl sites for hydroxylation is 1. The summed E-state index contributed by atoms with van der Waals surface area (Å²) in [6.45, 7) is 4.16. The summed E-state index contributed by atoms with van der Waals surface area (Å²) in [6.07, 6.45) is 7.18. The van der Waals surface area contributed by atoms with Crippen molar-refractivity contribution in [1.29, 1.82) is 0 Å². The predicted octanol–water partition coefficient (Wildman–Crippen LogP) is 1.79. The van der Waals surface area contributed by atoms with Gasteiger partial charge >= 0.3 is 0 Å². The molecule has 1 aromatic heterocycles. The normalized spacial score (nSPS) is 15.5. The van der Waals surface area contributed by atoms with Crippen LogP contribution in [0, 0.1) is 0 Å². The first-order valence-corrected chi connectivity index (χ1v) is 10.4. The lowest BCUT2D eigenvalue weighted by Crippen LogP contribution is -2.25. The van der Waals surface area contributed by atoms with Crippen LogP contribution in [-0.4, -0.2) is 37.6 Å². The Hall–Kier alpha value is -0.500. The van der Waals surface area contributed by atoms with Crippen LogP contribution in [0.25, 0.3) is 0 Å². The van der Waals surface area contributed by atoms with E-state index in [0.717, 1.165) is 31.0 Å². The van der Waals surface area contributed by atoms with Crippen molar-refractivity contribution in [1.82, 2.24) is 14.6 Å². The van der Waals surface area contributed by atoms with E-state index >= 15 is 0 Å². The molecule has 0 saturated heterocycles. The number of nitrogens with zero attached hydrogens (tertiary/aromatic N) is 1. The Morgan fingerprint density at radius 2 is 2.19 bits per heavy atom. The minimum atomic E-state index is -3.39. The summed E-state index contributed by atoms with van der Waals surface area (Å²) in [4.78, 5) is 0.379. The number of rotatable bonds is 10. The van der Waals surface area contributed by atoms with Crippen molar-refractivity contribution in [3.63, 3.8) is 0 Å². The zero-order valence-corrected chi connectivity index (χ0v) is 14.4. The predicted molar refractivity (Wildman–Crippen MR) is 88.2 cm³/mol. The maximum Gasteiger partial charge on any atom is 0.242 e. The van der Waals surface area contributed by atoms with E-state index in [1.807, 2.05) is 6.26 Å². The van der Waals surface area contributed by atoms with Crippen LogP contribution in [0.2, 0.25) is 0 Å². The van der Waals surface area contributed by atoms with Gasteiger partial charge in [-0.25, -0.2) is 13.1 Å². The summed E-state index contributed by atoms with van der Waals surface area (Å²) in [6, 6.07) is 2.42. The number of sulfonamides is 1. The molecule has 2 rings (SSSR count). The smallest absolute Gasteiger partial charge is 0.242 e. The molecule has 1 aliphatic rings. The quantitative estimate of drug-likeness (QED) is 0.642. The Morgan fingerprint density at radius 1 is 1.43 bits per heavy atom. The van der Waals surface area contributed by atoms with Crippen LogP contribution in [0.5, 0.6) is 0 Å². The van der Waals surface area contributed by atoms with Gasteiger partial charge < -0.3 is 9.88 Å². The Morgan fingerprint density at radius 3 is 2.81 bits per heavy atom. The molecule has 120 valence electrons. The third kappa shape index (κ3) is 5.02. The standard InChI is InChI=1S/C14H25N3O2S2/c1-3-7-17-11-14(21(18,19)16-6-8-20-2)9-13(17)10-15-12-4-5-12/h9,11-12,15-16H,3-8,10H2,1-2H3. The molecule has 1 saturated carbocycles. The van der Waals surface area contributed by atoms with E-state index in [9.17, 15) is 8.42 Å². The Kier molecular flexibility index (Phi) is 6.16. The van der Waals surface area contributed by atoms with Gasteiger partial charge in [-0.3, -0.25) is 0 Å². The van der Waals surface area contributed by atoms with Gasteiger partial charge in [0.2, 0.25) is 10.0 Å². The van der Waals surface area contributed by atoms with Gasteiger partial charge in [0.05, 0.1) is 4.90 Å². The summed E-state index contributed by atoms with van der Waals surface area (Å²) >= 11 is 1.63. The lowest BCUT2D eigenvalue weighted by Gasteiger charge is -2.07. The zero-order valence-electron chi connectivity index (χ0n) is 12.8. The molecule has 1 heterocycles. The Balaban J connectivity index is 2.08. The van der Waals surface area contributed by atoms with Crippen LogP contribution in [-0.2, 0) is 23.1 Å². The van der Waals surface area contributed by atoms with Gasteiger partial charge in [-0.15, -0.1) is 0 Å². The molecule has 1 aliphatic carbocycles. The van der Waals surface area contributed by atoms with E-state index in [4.69, 9.17) is 0 Å². The third-order valence-corrected chi connectivity index (χ3v) is 5.52. The molecule has 1 aromatic rings. The maximum atomic E-state index is 12.3. The van der Waals surface area contributed by atoms with Crippen molar-refractivity contribution in [3.05, 3.63) is 18.0 Å². The summed E-state index contributed by atoms with van der Waals surface area (Å²) in [5, 5.41) is 3.45. The second-order valence-corrected chi connectivity index (χ2v) is 8.16. The first kappa shape index (κ1) is 16.9. The molecule has 0 spiro atoms. The lowest BCUT2D eigenvalue weighted by molar-refractivity contribution is 0.582. The minimum Gasteiger partial charge on any atom is -0.349 e. The van der Waals surface area contributed by atoms with E-state index in [1.54, 1.807) is 24.0 Å². The highest BCUT2D eigenvalue weighted by molar-refractivity contribution is 7.98. The third-order valence-electron chi connectivity index (χ3n) is 3.48. The van der Waals surface area contributed by atoms with Crippen LogP contribution in [0.1, 0.15) is 31.9 Å². The summed E-state index contributed by atoms with van der Waals surface area (Å²) < 4.78 is 29.3. The van der Waals surface area contributed by atoms with Crippen LogP contribution in [0.3, 0.4) is 0 Å². The molecule has 0 aliphatic heterocycles. The van der Waals surface area contributed by atoms with E-state index in [0.29, 0.717) is 17.5 Å². The molecule has 0 unspecified atom stereocenters. The van der Waals surface area contributed by atoms with Gasteiger partial charge in [-0.2, -0.15) is 11.8 Å². The highest BCUT2D eigenvalue weighted by Crippen LogP contribution is 2.21. The highest BCUT2D eigenvalue weighted by atomic mass is 32.2. The highest BCUT2D eigenvalue weighted by Gasteiger charge is 2.22. The second-order valence-electron chi connectivity index (χ2n) is 5.41. The fourth-order valence-corrected chi connectivity index (χ4v) is 3.70. The summed E-state index contributed by atoms with van der Waals surface area (Å²) in [7, 11) is -3.39. The first-order chi connectivity index (χ1) is 10.1. The van der Waals surface area contributed by atoms with Crippen molar-refractivity contribution in [2.45, 2.75) is 50.2 Å². The largest absolute Gasteiger partial charge is 0.349 e. The van der Waals surface area contributed by atoms with Gasteiger partial charge in [0.25, 0.3) is 0 Å². The Bertz CT molecular complexity index is 551. The number of aromatic nitrogens is 1. The van der Waals surface area contributed by atoms with E-state index in [1.165, 1.54) is 12.8 Å². The molecule has 0 amide bonds. The molecular weight excluding hydrogens is 306 g/mol. The van der Waals surface area contributed by atoms with Crippen molar-refractivity contribution in [3.8, 4) is 0 Å². The monoisotopic (exact) mass is 331 g/mol. The Labute approximate surface area is 131 Å². The fraction of sp³-hybridized carbons (Fsp3) is 0.714. The van der Waals surface area contributed by atoms with Gasteiger partial charge in [0.15, 0.2) is 0 Å². The van der Waals surface area contributed by atoms with Crippen LogP contribution >= 0.6 is 11.8 Å².